The predicted molar refractivity (Wildman–Crippen MR) is 135 cm³/mol. The largest absolute Gasteiger partial charge is 0.465 e. The van der Waals surface area contributed by atoms with Crippen LogP contribution in [0.5, 0.6) is 0 Å². The molecule has 34 heavy (non-hydrogen) atoms. The van der Waals surface area contributed by atoms with Crippen LogP contribution in [0.4, 0.5) is 11.4 Å². The van der Waals surface area contributed by atoms with E-state index in [4.69, 9.17) is 4.74 Å². The van der Waals surface area contributed by atoms with Crippen molar-refractivity contribution in [1.29, 1.82) is 0 Å². The van der Waals surface area contributed by atoms with Gasteiger partial charge in [-0.05, 0) is 77.2 Å². The van der Waals surface area contributed by atoms with Gasteiger partial charge < -0.3 is 10.1 Å². The van der Waals surface area contributed by atoms with Gasteiger partial charge in [0.25, 0.3) is 5.69 Å². The van der Waals surface area contributed by atoms with Gasteiger partial charge in [0.05, 0.1) is 17.6 Å². The van der Waals surface area contributed by atoms with Gasteiger partial charge in [-0.1, -0.05) is 52.3 Å². The standard InChI is InChI=1S/C28H36N2O4/c1-18(2)19-7-10-22-20(15-19)9-12-25-27(3,13-6-14-28(22,25)4)17-29-23-11-8-21(26(31)34-5)16-24(23)30(32)33/h7-8,10-11,15-16,18,25,29H,6,9,12-14,17H2,1-5H3/t25-,27+,28+/m0/s1. The van der Waals surface area contributed by atoms with Gasteiger partial charge in [-0.25, -0.2) is 4.79 Å². The van der Waals surface area contributed by atoms with Gasteiger partial charge in [-0.2, -0.15) is 0 Å². The molecule has 3 atom stereocenters. The van der Waals surface area contributed by atoms with E-state index in [1.54, 1.807) is 12.1 Å². The highest BCUT2D eigenvalue weighted by Gasteiger charge is 2.51. The third-order valence-electron chi connectivity index (χ3n) is 8.47. The number of carbonyl (C=O) groups excluding carboxylic acids is 1. The number of anilines is 1. The summed E-state index contributed by atoms with van der Waals surface area (Å²) in [7, 11) is 1.27. The molecule has 2 aromatic carbocycles. The highest BCUT2D eigenvalue weighted by Crippen LogP contribution is 2.57. The summed E-state index contributed by atoms with van der Waals surface area (Å²) < 4.78 is 4.72. The molecule has 2 aliphatic rings. The van der Waals surface area contributed by atoms with Gasteiger partial charge in [0, 0.05) is 12.6 Å². The van der Waals surface area contributed by atoms with E-state index in [2.05, 4.69) is 51.2 Å². The minimum atomic E-state index is -0.578. The van der Waals surface area contributed by atoms with Crippen molar-refractivity contribution in [2.45, 2.75) is 71.1 Å². The van der Waals surface area contributed by atoms with Crippen molar-refractivity contribution in [2.75, 3.05) is 19.0 Å². The maximum atomic E-state index is 11.8. The third-order valence-corrected chi connectivity index (χ3v) is 8.47. The molecule has 6 nitrogen and oxygen atoms in total. The van der Waals surface area contributed by atoms with Crippen LogP contribution in [0, 0.1) is 21.4 Å². The topological polar surface area (TPSA) is 81.5 Å². The van der Waals surface area contributed by atoms with Gasteiger partial charge in [0.1, 0.15) is 5.69 Å². The summed E-state index contributed by atoms with van der Waals surface area (Å²) in [5.74, 6) is 0.441. The Morgan fingerprint density at radius 2 is 1.97 bits per heavy atom. The van der Waals surface area contributed by atoms with Gasteiger partial charge in [0.15, 0.2) is 0 Å². The molecule has 0 spiro atoms. The summed E-state index contributed by atoms with van der Waals surface area (Å²) in [6.45, 7) is 9.91. The molecule has 1 saturated carbocycles. The second-order valence-corrected chi connectivity index (χ2v) is 10.9. The molecule has 0 amide bonds. The molecule has 6 heteroatoms. The highest BCUT2D eigenvalue weighted by atomic mass is 16.6. The number of rotatable bonds is 6. The molecule has 0 aromatic heterocycles. The van der Waals surface area contributed by atoms with E-state index < -0.39 is 10.9 Å². The maximum absolute atomic E-state index is 11.8. The number of methoxy groups -OCH3 is 1. The molecule has 0 unspecified atom stereocenters. The number of benzene rings is 2. The monoisotopic (exact) mass is 464 g/mol. The van der Waals surface area contributed by atoms with E-state index in [0.29, 0.717) is 24.1 Å². The van der Waals surface area contributed by atoms with Gasteiger partial charge in [-0.3, -0.25) is 10.1 Å². The Labute approximate surface area is 202 Å². The summed E-state index contributed by atoms with van der Waals surface area (Å²) in [4.78, 5) is 23.1. The smallest absolute Gasteiger partial charge is 0.338 e. The van der Waals surface area contributed by atoms with Crippen molar-refractivity contribution in [3.05, 3.63) is 68.8 Å². The average molecular weight is 465 g/mol. The summed E-state index contributed by atoms with van der Waals surface area (Å²) in [6, 6.07) is 11.6. The Hall–Kier alpha value is -2.89. The van der Waals surface area contributed by atoms with Crippen LogP contribution in [0.15, 0.2) is 36.4 Å². The molecule has 4 rings (SSSR count). The second-order valence-electron chi connectivity index (χ2n) is 10.9. The number of nitrogens with zero attached hydrogens (tertiary/aromatic N) is 1. The number of hydrogen-bond acceptors (Lipinski definition) is 5. The van der Waals surface area contributed by atoms with Crippen molar-refractivity contribution in [2.24, 2.45) is 11.3 Å². The first-order valence-corrected chi connectivity index (χ1v) is 12.3. The number of nitro benzene ring substituents is 1. The van der Waals surface area contributed by atoms with Crippen LogP contribution >= 0.6 is 0 Å². The number of fused-ring (bicyclic) bond motifs is 3. The molecule has 1 fully saturated rings. The molecule has 0 bridgehead atoms. The fraction of sp³-hybridized carbons (Fsp3) is 0.536. The van der Waals surface area contributed by atoms with Crippen LogP contribution < -0.4 is 5.32 Å². The summed E-state index contributed by atoms with van der Waals surface area (Å²) in [5.41, 5.74) is 5.05. The number of ether oxygens (including phenoxy) is 1. The van der Waals surface area contributed by atoms with Crippen molar-refractivity contribution in [1.82, 2.24) is 0 Å². The van der Waals surface area contributed by atoms with Crippen LogP contribution in [0.3, 0.4) is 0 Å². The Morgan fingerprint density at radius 3 is 2.65 bits per heavy atom. The number of carbonyl (C=O) groups is 1. The first-order chi connectivity index (χ1) is 16.1. The first-order valence-electron chi connectivity index (χ1n) is 12.3. The normalized spacial score (nSPS) is 25.9. The van der Waals surface area contributed by atoms with Crippen LogP contribution in [0.25, 0.3) is 0 Å². The average Bonchev–Trinajstić information content (AvgIpc) is 2.81. The Morgan fingerprint density at radius 1 is 1.21 bits per heavy atom. The molecular weight excluding hydrogens is 428 g/mol. The summed E-state index contributed by atoms with van der Waals surface area (Å²) in [6.07, 6.45) is 5.62. The minimum Gasteiger partial charge on any atom is -0.465 e. The minimum absolute atomic E-state index is 0.0102. The fourth-order valence-corrected chi connectivity index (χ4v) is 6.59. The zero-order valence-corrected chi connectivity index (χ0v) is 20.9. The third kappa shape index (κ3) is 4.19. The van der Waals surface area contributed by atoms with E-state index >= 15 is 0 Å². The lowest BCUT2D eigenvalue weighted by atomic mass is 9.49. The first kappa shape index (κ1) is 24.2. The second kappa shape index (κ2) is 9.05. The number of aryl methyl sites for hydroxylation is 1. The van der Waals surface area contributed by atoms with Gasteiger partial charge in [-0.15, -0.1) is 0 Å². The fourth-order valence-electron chi connectivity index (χ4n) is 6.59. The van der Waals surface area contributed by atoms with E-state index in [1.165, 1.54) is 36.3 Å². The predicted octanol–water partition coefficient (Wildman–Crippen LogP) is 6.63. The summed E-state index contributed by atoms with van der Waals surface area (Å²) in [5, 5.41) is 15.1. The lowest BCUT2D eigenvalue weighted by Crippen LogP contribution is -2.51. The zero-order chi connectivity index (χ0) is 24.7. The molecule has 2 aliphatic carbocycles. The van der Waals surface area contributed by atoms with E-state index in [-0.39, 0.29) is 22.1 Å². The molecule has 0 aliphatic heterocycles. The zero-order valence-electron chi connectivity index (χ0n) is 20.9. The quantitative estimate of drug-likeness (QED) is 0.295. The molecule has 182 valence electrons. The Kier molecular flexibility index (Phi) is 6.45. The number of esters is 1. The summed E-state index contributed by atoms with van der Waals surface area (Å²) >= 11 is 0. The van der Waals surface area contributed by atoms with Crippen molar-refractivity contribution < 1.29 is 14.5 Å². The molecular formula is C28H36N2O4. The van der Waals surface area contributed by atoms with Gasteiger partial charge >= 0.3 is 5.97 Å². The number of nitro groups is 1. The Bertz CT molecular complexity index is 1110. The van der Waals surface area contributed by atoms with Crippen LogP contribution in [0.1, 0.15) is 86.3 Å². The van der Waals surface area contributed by atoms with Crippen molar-refractivity contribution >= 4 is 17.3 Å². The highest BCUT2D eigenvalue weighted by molar-refractivity contribution is 5.91. The molecule has 0 heterocycles. The molecule has 1 N–H and O–H groups in total. The van der Waals surface area contributed by atoms with E-state index in [9.17, 15) is 14.9 Å². The van der Waals surface area contributed by atoms with Gasteiger partial charge in [0.2, 0.25) is 0 Å². The number of hydrogen-bond donors (Lipinski definition) is 1. The van der Waals surface area contributed by atoms with Crippen LogP contribution in [-0.4, -0.2) is 24.5 Å². The lowest BCUT2D eigenvalue weighted by Gasteiger charge is -2.55. The molecule has 2 aromatic rings. The van der Waals surface area contributed by atoms with Crippen LogP contribution in [-0.2, 0) is 16.6 Å². The van der Waals surface area contributed by atoms with Crippen LogP contribution in [0.2, 0.25) is 0 Å². The SMILES string of the molecule is COC(=O)c1ccc(NC[C@@]2(C)CCC[C@]3(C)c4ccc(C(C)C)cc4CC[C@@H]23)c([N+](=O)[O-])c1. The maximum Gasteiger partial charge on any atom is 0.338 e. The Balaban J connectivity index is 1.60. The number of nitrogens with one attached hydrogen (secondary N) is 1. The van der Waals surface area contributed by atoms with E-state index in [1.807, 2.05) is 0 Å². The van der Waals surface area contributed by atoms with E-state index in [0.717, 1.165) is 25.7 Å². The molecule has 0 radical (unpaired) electrons. The lowest BCUT2D eigenvalue weighted by molar-refractivity contribution is -0.384. The van der Waals surface area contributed by atoms with Crippen molar-refractivity contribution in [3.8, 4) is 0 Å². The van der Waals surface area contributed by atoms with Crippen molar-refractivity contribution in [3.63, 3.8) is 0 Å². The molecule has 0 saturated heterocycles.